The molecule has 0 radical (unpaired) electrons. The first-order valence-electron chi connectivity index (χ1n) is 17.2. The summed E-state index contributed by atoms with van der Waals surface area (Å²) in [5.74, 6) is 0. The summed E-state index contributed by atoms with van der Waals surface area (Å²) >= 11 is 0. The van der Waals surface area contributed by atoms with Gasteiger partial charge in [-0.25, -0.2) is 4.52 Å². The fraction of sp³-hybridized carbons (Fsp3) is 0.0426. The van der Waals surface area contributed by atoms with Gasteiger partial charge in [-0.15, -0.1) is 0 Å². The Morgan fingerprint density at radius 3 is 1.64 bits per heavy atom. The third-order valence-electron chi connectivity index (χ3n) is 10.3. The molecular weight excluding hydrogens is 607 g/mol. The van der Waals surface area contributed by atoms with E-state index >= 15 is 0 Å². The van der Waals surface area contributed by atoms with Crippen molar-refractivity contribution in [2.24, 2.45) is 0 Å². The minimum Gasteiger partial charge on any atom is -0.377 e. The molecule has 2 heterocycles. The predicted octanol–water partition coefficient (Wildman–Crippen LogP) is 12.1. The number of benzene rings is 8. The lowest BCUT2D eigenvalue weighted by Gasteiger charge is -2.20. The van der Waals surface area contributed by atoms with E-state index in [0.29, 0.717) is 0 Å². The minimum atomic E-state index is 0.976. The van der Waals surface area contributed by atoms with Crippen molar-refractivity contribution in [2.75, 3.05) is 19.0 Å². The van der Waals surface area contributed by atoms with E-state index in [1.54, 1.807) is 0 Å². The van der Waals surface area contributed by atoms with E-state index in [9.17, 15) is 0 Å². The van der Waals surface area contributed by atoms with Crippen LogP contribution < -0.4 is 4.90 Å². The van der Waals surface area contributed by atoms with Crippen molar-refractivity contribution in [3.8, 4) is 44.8 Å². The van der Waals surface area contributed by atoms with Crippen LogP contribution in [0.1, 0.15) is 0 Å². The van der Waals surface area contributed by atoms with E-state index in [0.717, 1.165) is 39.2 Å². The summed E-state index contributed by atoms with van der Waals surface area (Å²) in [7, 11) is 4.26. The van der Waals surface area contributed by atoms with E-state index in [1.807, 2.05) is 0 Å². The largest absolute Gasteiger partial charge is 0.377 e. The van der Waals surface area contributed by atoms with Gasteiger partial charge in [-0.05, 0) is 79.2 Å². The van der Waals surface area contributed by atoms with Gasteiger partial charge in [0.25, 0.3) is 0 Å². The lowest BCUT2D eigenvalue weighted by molar-refractivity contribution is 0.980. The molecule has 236 valence electrons. The summed E-state index contributed by atoms with van der Waals surface area (Å²) in [5, 5.41) is 15.6. The summed E-state index contributed by atoms with van der Waals surface area (Å²) in [6, 6.07) is 59.5. The van der Waals surface area contributed by atoms with Crippen molar-refractivity contribution in [1.29, 1.82) is 0 Å². The molecule has 0 aliphatic heterocycles. The zero-order chi connectivity index (χ0) is 33.3. The highest BCUT2D eigenvalue weighted by atomic mass is 15.2. The molecule has 0 spiro atoms. The van der Waals surface area contributed by atoms with Gasteiger partial charge in [-0.3, -0.25) is 0 Å². The second-order valence-corrected chi connectivity index (χ2v) is 13.5. The van der Waals surface area contributed by atoms with Gasteiger partial charge >= 0.3 is 0 Å². The predicted molar refractivity (Wildman–Crippen MR) is 212 cm³/mol. The Morgan fingerprint density at radius 2 is 1.02 bits per heavy atom. The molecular formula is C47H33N3. The van der Waals surface area contributed by atoms with Gasteiger partial charge in [-0.2, -0.15) is 5.10 Å². The molecule has 2 aromatic heterocycles. The Balaban J connectivity index is 1.37. The van der Waals surface area contributed by atoms with Gasteiger partial charge in [0, 0.05) is 47.4 Å². The van der Waals surface area contributed by atoms with Crippen LogP contribution >= 0.6 is 0 Å². The van der Waals surface area contributed by atoms with Crippen LogP contribution in [0.15, 0.2) is 164 Å². The zero-order valence-electron chi connectivity index (χ0n) is 27.9. The summed E-state index contributed by atoms with van der Waals surface area (Å²) in [4.78, 5) is 2.22. The molecule has 0 bridgehead atoms. The fourth-order valence-corrected chi connectivity index (χ4v) is 7.98. The number of pyridine rings is 1. The van der Waals surface area contributed by atoms with Gasteiger partial charge < -0.3 is 4.90 Å². The topological polar surface area (TPSA) is 20.5 Å². The highest BCUT2D eigenvalue weighted by Crippen LogP contribution is 2.45. The summed E-state index contributed by atoms with van der Waals surface area (Å²) in [6.45, 7) is 0. The highest BCUT2D eigenvalue weighted by molar-refractivity contribution is 6.24. The second-order valence-electron chi connectivity index (χ2n) is 13.5. The highest BCUT2D eigenvalue weighted by Gasteiger charge is 2.24. The molecule has 0 aliphatic rings. The minimum absolute atomic E-state index is 0.976. The average Bonchev–Trinajstić information content (AvgIpc) is 3.58. The van der Waals surface area contributed by atoms with Crippen LogP contribution in [0.4, 0.5) is 5.69 Å². The third-order valence-corrected chi connectivity index (χ3v) is 10.3. The molecule has 3 heteroatoms. The molecule has 3 nitrogen and oxygen atoms in total. The molecule has 50 heavy (non-hydrogen) atoms. The first-order chi connectivity index (χ1) is 24.6. The Bertz CT molecular complexity index is 2810. The number of hydrogen-bond acceptors (Lipinski definition) is 2. The number of hydrogen-bond donors (Lipinski definition) is 0. The molecule has 8 aromatic carbocycles. The second kappa shape index (κ2) is 11.0. The SMILES string of the molecule is CN(C)c1cc2cc(-c3ccccc3)n3nc(-c4cc5ccc6cccc7ccc(c4)c5c67)c(-c4ccccc4)c3c2cc1-c1ccccc1. The summed E-state index contributed by atoms with van der Waals surface area (Å²) in [6.07, 6.45) is 0. The van der Waals surface area contributed by atoms with Crippen molar-refractivity contribution in [3.05, 3.63) is 164 Å². The smallest absolute Gasteiger partial charge is 0.101 e. The van der Waals surface area contributed by atoms with Gasteiger partial charge in [0.2, 0.25) is 0 Å². The van der Waals surface area contributed by atoms with Crippen molar-refractivity contribution < 1.29 is 0 Å². The van der Waals surface area contributed by atoms with Crippen molar-refractivity contribution in [2.45, 2.75) is 0 Å². The van der Waals surface area contributed by atoms with Crippen molar-refractivity contribution in [1.82, 2.24) is 9.61 Å². The van der Waals surface area contributed by atoms with Gasteiger partial charge in [-0.1, -0.05) is 133 Å². The monoisotopic (exact) mass is 639 g/mol. The van der Waals surface area contributed by atoms with Crippen LogP contribution in [0.5, 0.6) is 0 Å². The standard InChI is InChI=1S/C47H33N3/c1-49(2)42-28-37-27-41(31-15-8-4-9-16-31)50-47(40(37)29-39(42)30-13-6-3-7-14-30)45(32-17-10-5-11-18-32)46(48-50)38-25-35-23-21-33-19-12-20-34-22-24-36(26-38)44(35)43(33)34/h3-29H,1-2H3. The number of rotatable bonds is 5. The van der Waals surface area contributed by atoms with E-state index in [2.05, 4.69) is 187 Å². The quantitative estimate of drug-likeness (QED) is 0.175. The molecule has 10 rings (SSSR count). The number of aromatic nitrogens is 2. The van der Waals surface area contributed by atoms with E-state index in [4.69, 9.17) is 5.10 Å². The number of fused-ring (bicyclic) bond motifs is 3. The summed E-state index contributed by atoms with van der Waals surface area (Å²) in [5.41, 5.74) is 11.2. The fourth-order valence-electron chi connectivity index (χ4n) is 7.98. The molecule has 0 fully saturated rings. The van der Waals surface area contributed by atoms with Gasteiger partial charge in [0.15, 0.2) is 0 Å². The first-order valence-corrected chi connectivity index (χ1v) is 17.2. The average molecular weight is 640 g/mol. The Kier molecular flexibility index (Phi) is 6.31. The van der Waals surface area contributed by atoms with Crippen LogP contribution in [0, 0.1) is 0 Å². The normalized spacial score (nSPS) is 11.8. The molecule has 0 amide bonds. The number of anilines is 1. The molecule has 0 N–H and O–H groups in total. The maximum Gasteiger partial charge on any atom is 0.101 e. The van der Waals surface area contributed by atoms with Crippen molar-refractivity contribution >= 4 is 54.3 Å². The Labute approximate surface area is 290 Å². The van der Waals surface area contributed by atoms with Crippen LogP contribution in [0.2, 0.25) is 0 Å². The molecule has 0 saturated carbocycles. The van der Waals surface area contributed by atoms with Gasteiger partial charge in [0.1, 0.15) is 5.69 Å². The lowest BCUT2D eigenvalue weighted by Crippen LogP contribution is -2.10. The van der Waals surface area contributed by atoms with Crippen LogP contribution in [-0.2, 0) is 0 Å². The van der Waals surface area contributed by atoms with E-state index < -0.39 is 0 Å². The lowest BCUT2D eigenvalue weighted by atomic mass is 9.90. The maximum atomic E-state index is 5.59. The van der Waals surface area contributed by atoms with E-state index in [-0.39, 0.29) is 0 Å². The van der Waals surface area contributed by atoms with Gasteiger partial charge in [0.05, 0.1) is 11.2 Å². The Morgan fingerprint density at radius 1 is 0.460 bits per heavy atom. The first kappa shape index (κ1) is 28.6. The van der Waals surface area contributed by atoms with Crippen LogP contribution in [-0.4, -0.2) is 23.7 Å². The molecule has 0 saturated heterocycles. The number of nitrogens with zero attached hydrogens (tertiary/aromatic N) is 3. The third kappa shape index (κ3) is 4.33. The zero-order valence-corrected chi connectivity index (χ0v) is 27.9. The van der Waals surface area contributed by atoms with Crippen LogP contribution in [0.3, 0.4) is 0 Å². The molecule has 0 unspecified atom stereocenters. The maximum absolute atomic E-state index is 5.59. The van der Waals surface area contributed by atoms with Crippen LogP contribution in [0.25, 0.3) is 93.4 Å². The van der Waals surface area contributed by atoms with Crippen molar-refractivity contribution in [3.63, 3.8) is 0 Å². The summed E-state index contributed by atoms with van der Waals surface area (Å²) < 4.78 is 2.20. The molecule has 0 aliphatic carbocycles. The Hall–Kier alpha value is -6.45. The molecule has 0 atom stereocenters. The molecule has 10 aromatic rings. The van der Waals surface area contributed by atoms with E-state index in [1.165, 1.54) is 59.9 Å².